The van der Waals surface area contributed by atoms with E-state index >= 15 is 0 Å². The first kappa shape index (κ1) is 7.80. The lowest BCUT2D eigenvalue weighted by molar-refractivity contribution is 0.550. The topological polar surface area (TPSA) is 29.9 Å². The summed E-state index contributed by atoms with van der Waals surface area (Å²) in [6.07, 6.45) is 3.11. The highest BCUT2D eigenvalue weighted by Crippen LogP contribution is 2.26. The lowest BCUT2D eigenvalue weighted by Gasteiger charge is -2.14. The molecule has 0 spiro atoms. The summed E-state index contributed by atoms with van der Waals surface area (Å²) in [5.74, 6) is 0.650. The highest BCUT2D eigenvalue weighted by Gasteiger charge is 2.26. The molecule has 0 radical (unpaired) electrons. The number of nitrogens with zero attached hydrogens (tertiary/aromatic N) is 2. The van der Waals surface area contributed by atoms with Gasteiger partial charge < -0.3 is 5.32 Å². The van der Waals surface area contributed by atoms with Crippen molar-refractivity contribution in [3.05, 3.63) is 18.0 Å². The summed E-state index contributed by atoms with van der Waals surface area (Å²) in [6.45, 7) is 3.38. The zero-order chi connectivity index (χ0) is 8.55. The first-order valence-electron chi connectivity index (χ1n) is 4.50. The van der Waals surface area contributed by atoms with Gasteiger partial charge in [-0.15, -0.1) is 0 Å². The Labute approximate surface area is 72.8 Å². The predicted molar refractivity (Wildman–Crippen MR) is 48.0 cm³/mol. The van der Waals surface area contributed by atoms with E-state index in [2.05, 4.69) is 23.4 Å². The van der Waals surface area contributed by atoms with Gasteiger partial charge in [-0.3, -0.25) is 4.68 Å². The molecule has 1 aliphatic rings. The molecular formula is C9H15N3. The number of aryl methyl sites for hydroxylation is 1. The summed E-state index contributed by atoms with van der Waals surface area (Å²) in [5.41, 5.74) is 1.35. The minimum Gasteiger partial charge on any atom is -0.314 e. The highest BCUT2D eigenvalue weighted by molar-refractivity contribution is 5.12. The third kappa shape index (κ3) is 1.14. The Morgan fingerprint density at radius 1 is 1.67 bits per heavy atom. The molecule has 2 rings (SSSR count). The molecule has 66 valence electrons. The molecular weight excluding hydrogens is 150 g/mol. The summed E-state index contributed by atoms with van der Waals surface area (Å²) >= 11 is 0. The van der Waals surface area contributed by atoms with Crippen LogP contribution < -0.4 is 5.32 Å². The van der Waals surface area contributed by atoms with Crippen molar-refractivity contribution in [3.63, 3.8) is 0 Å². The highest BCUT2D eigenvalue weighted by atomic mass is 15.3. The summed E-state index contributed by atoms with van der Waals surface area (Å²) in [7, 11) is 2.01. The Morgan fingerprint density at radius 3 is 3.00 bits per heavy atom. The minimum absolute atomic E-state index is 0.598. The van der Waals surface area contributed by atoms with E-state index in [4.69, 9.17) is 0 Å². The van der Waals surface area contributed by atoms with Crippen molar-refractivity contribution in [2.45, 2.75) is 25.3 Å². The van der Waals surface area contributed by atoms with Gasteiger partial charge in [0.05, 0.1) is 0 Å². The Bertz CT molecular complexity index is 266. The van der Waals surface area contributed by atoms with Gasteiger partial charge in [-0.2, -0.15) is 5.10 Å². The molecule has 0 amide bonds. The van der Waals surface area contributed by atoms with Gasteiger partial charge in [0.1, 0.15) is 0 Å². The first-order valence-corrected chi connectivity index (χ1v) is 4.50. The zero-order valence-electron chi connectivity index (χ0n) is 7.62. The van der Waals surface area contributed by atoms with Gasteiger partial charge in [-0.25, -0.2) is 0 Å². The molecule has 3 nitrogen and oxygen atoms in total. The first-order chi connectivity index (χ1) is 5.79. The molecule has 2 heterocycles. The molecule has 0 bridgehead atoms. The van der Waals surface area contributed by atoms with Crippen molar-refractivity contribution >= 4 is 0 Å². The van der Waals surface area contributed by atoms with Gasteiger partial charge in [-0.05, 0) is 26.0 Å². The van der Waals surface area contributed by atoms with Gasteiger partial charge in [0.25, 0.3) is 0 Å². The third-order valence-corrected chi connectivity index (χ3v) is 2.76. The molecule has 1 aliphatic heterocycles. The summed E-state index contributed by atoms with van der Waals surface area (Å²) in [6, 6.07) is 2.72. The van der Waals surface area contributed by atoms with Crippen LogP contribution in [-0.4, -0.2) is 22.4 Å². The van der Waals surface area contributed by atoms with Crippen molar-refractivity contribution in [1.29, 1.82) is 0 Å². The molecule has 0 saturated carbocycles. The molecule has 1 fully saturated rings. The maximum Gasteiger partial charge on any atom is 0.0492 e. The van der Waals surface area contributed by atoms with Crippen LogP contribution in [0.15, 0.2) is 12.3 Å². The second-order valence-electron chi connectivity index (χ2n) is 3.52. The van der Waals surface area contributed by atoms with E-state index in [-0.39, 0.29) is 0 Å². The quantitative estimate of drug-likeness (QED) is 0.669. The van der Waals surface area contributed by atoms with E-state index in [1.165, 1.54) is 12.1 Å². The van der Waals surface area contributed by atoms with Gasteiger partial charge in [0.2, 0.25) is 0 Å². The van der Waals surface area contributed by atoms with Crippen molar-refractivity contribution in [2.75, 3.05) is 6.54 Å². The van der Waals surface area contributed by atoms with Gasteiger partial charge >= 0.3 is 0 Å². The lowest BCUT2D eigenvalue weighted by Crippen LogP contribution is -2.22. The van der Waals surface area contributed by atoms with Crippen LogP contribution in [0.4, 0.5) is 0 Å². The fraction of sp³-hybridized carbons (Fsp3) is 0.667. The molecule has 3 heteroatoms. The predicted octanol–water partition coefficient (Wildman–Crippen LogP) is 0.885. The molecule has 2 unspecified atom stereocenters. The van der Waals surface area contributed by atoms with Gasteiger partial charge in [0.15, 0.2) is 0 Å². The van der Waals surface area contributed by atoms with Crippen LogP contribution in [0.1, 0.15) is 25.0 Å². The van der Waals surface area contributed by atoms with Crippen LogP contribution in [0.25, 0.3) is 0 Å². The van der Waals surface area contributed by atoms with Crippen LogP contribution in [-0.2, 0) is 7.05 Å². The van der Waals surface area contributed by atoms with Gasteiger partial charge in [0, 0.05) is 30.9 Å². The normalized spacial score (nSPS) is 29.5. The molecule has 0 aliphatic carbocycles. The summed E-state index contributed by atoms with van der Waals surface area (Å²) < 4.78 is 1.98. The maximum atomic E-state index is 4.18. The Balaban J connectivity index is 2.24. The van der Waals surface area contributed by atoms with E-state index in [0.29, 0.717) is 12.0 Å². The van der Waals surface area contributed by atoms with Gasteiger partial charge in [-0.1, -0.05) is 0 Å². The Hall–Kier alpha value is -0.830. The SMILES string of the molecule is CC1NCCC1c1ccnn1C. The average Bonchev–Trinajstić information content (AvgIpc) is 2.59. The average molecular weight is 165 g/mol. The second-order valence-corrected chi connectivity index (χ2v) is 3.52. The van der Waals surface area contributed by atoms with E-state index in [0.717, 1.165) is 6.54 Å². The standard InChI is InChI=1S/C9H15N3/c1-7-8(3-5-10-7)9-4-6-11-12(9)2/h4,6-8,10H,3,5H2,1-2H3. The molecule has 1 saturated heterocycles. The molecule has 0 aromatic carbocycles. The molecule has 1 aromatic heterocycles. The van der Waals surface area contributed by atoms with Crippen LogP contribution in [0.2, 0.25) is 0 Å². The van der Waals surface area contributed by atoms with E-state index in [1.54, 1.807) is 0 Å². The maximum absolute atomic E-state index is 4.18. The van der Waals surface area contributed by atoms with E-state index < -0.39 is 0 Å². The van der Waals surface area contributed by atoms with Crippen molar-refractivity contribution < 1.29 is 0 Å². The Morgan fingerprint density at radius 2 is 2.50 bits per heavy atom. The van der Waals surface area contributed by atoms with Crippen LogP contribution in [0.5, 0.6) is 0 Å². The number of aromatic nitrogens is 2. The third-order valence-electron chi connectivity index (χ3n) is 2.76. The van der Waals surface area contributed by atoms with Crippen LogP contribution in [0, 0.1) is 0 Å². The second kappa shape index (κ2) is 2.90. The van der Waals surface area contributed by atoms with Crippen LogP contribution >= 0.6 is 0 Å². The molecule has 1 aromatic rings. The fourth-order valence-corrected chi connectivity index (χ4v) is 2.01. The van der Waals surface area contributed by atoms with Crippen LogP contribution in [0.3, 0.4) is 0 Å². The number of hydrogen-bond donors (Lipinski definition) is 1. The lowest BCUT2D eigenvalue weighted by atomic mass is 9.98. The fourth-order valence-electron chi connectivity index (χ4n) is 2.01. The monoisotopic (exact) mass is 165 g/mol. The van der Waals surface area contributed by atoms with Crippen molar-refractivity contribution in [2.24, 2.45) is 7.05 Å². The number of rotatable bonds is 1. The molecule has 2 atom stereocenters. The largest absolute Gasteiger partial charge is 0.314 e. The Kier molecular flexibility index (Phi) is 1.89. The summed E-state index contributed by atoms with van der Waals surface area (Å²) in [4.78, 5) is 0. The molecule has 12 heavy (non-hydrogen) atoms. The van der Waals surface area contributed by atoms with Crippen molar-refractivity contribution in [3.8, 4) is 0 Å². The van der Waals surface area contributed by atoms with E-state index in [1.807, 2.05) is 17.9 Å². The minimum atomic E-state index is 0.598. The summed E-state index contributed by atoms with van der Waals surface area (Å²) in [5, 5.41) is 7.63. The molecule has 1 N–H and O–H groups in total. The smallest absolute Gasteiger partial charge is 0.0492 e. The van der Waals surface area contributed by atoms with E-state index in [9.17, 15) is 0 Å². The number of nitrogens with one attached hydrogen (secondary N) is 1. The number of hydrogen-bond acceptors (Lipinski definition) is 2. The van der Waals surface area contributed by atoms with Crippen molar-refractivity contribution in [1.82, 2.24) is 15.1 Å². The zero-order valence-corrected chi connectivity index (χ0v) is 7.62.